The molecule has 0 radical (unpaired) electrons. The van der Waals surface area contributed by atoms with Crippen LogP contribution in [-0.2, 0) is 0 Å². The Bertz CT molecular complexity index is 265. The SMILES string of the molecule is CC(C)(C)Oc1cncc(O)c1. The van der Waals surface area contributed by atoms with Crippen molar-refractivity contribution < 1.29 is 9.84 Å². The van der Waals surface area contributed by atoms with E-state index < -0.39 is 0 Å². The Kier molecular flexibility index (Phi) is 2.22. The number of ether oxygens (including phenoxy) is 1. The second kappa shape index (κ2) is 3.01. The topological polar surface area (TPSA) is 42.4 Å². The Labute approximate surface area is 72.0 Å². The van der Waals surface area contributed by atoms with E-state index in [1.54, 1.807) is 6.20 Å². The Morgan fingerprint density at radius 3 is 2.50 bits per heavy atom. The van der Waals surface area contributed by atoms with Crippen molar-refractivity contribution in [3.63, 3.8) is 0 Å². The van der Waals surface area contributed by atoms with Gasteiger partial charge in [-0.25, -0.2) is 0 Å². The summed E-state index contributed by atoms with van der Waals surface area (Å²) >= 11 is 0. The lowest BCUT2D eigenvalue weighted by Gasteiger charge is -2.20. The lowest BCUT2D eigenvalue weighted by Crippen LogP contribution is -2.22. The number of hydrogen-bond donors (Lipinski definition) is 1. The van der Waals surface area contributed by atoms with Crippen molar-refractivity contribution >= 4 is 0 Å². The van der Waals surface area contributed by atoms with Crippen molar-refractivity contribution in [3.05, 3.63) is 18.5 Å². The van der Waals surface area contributed by atoms with Gasteiger partial charge in [-0.15, -0.1) is 0 Å². The molecule has 0 bridgehead atoms. The summed E-state index contributed by atoms with van der Waals surface area (Å²) in [6.07, 6.45) is 2.94. The number of aromatic nitrogens is 1. The molecule has 66 valence electrons. The van der Waals surface area contributed by atoms with Crippen LogP contribution in [-0.4, -0.2) is 15.7 Å². The van der Waals surface area contributed by atoms with Crippen LogP contribution >= 0.6 is 0 Å². The molecular weight excluding hydrogens is 154 g/mol. The quantitative estimate of drug-likeness (QED) is 0.695. The highest BCUT2D eigenvalue weighted by Crippen LogP contribution is 2.20. The third-order valence-corrected chi connectivity index (χ3v) is 1.12. The van der Waals surface area contributed by atoms with Crippen molar-refractivity contribution in [1.29, 1.82) is 0 Å². The molecule has 0 aliphatic carbocycles. The molecule has 0 unspecified atom stereocenters. The lowest BCUT2D eigenvalue weighted by molar-refractivity contribution is 0.130. The third-order valence-electron chi connectivity index (χ3n) is 1.12. The summed E-state index contributed by atoms with van der Waals surface area (Å²) in [5, 5.41) is 9.07. The largest absolute Gasteiger partial charge is 0.506 e. The maximum Gasteiger partial charge on any atom is 0.142 e. The van der Waals surface area contributed by atoms with Crippen LogP contribution in [0.2, 0.25) is 0 Å². The summed E-state index contributed by atoms with van der Waals surface area (Å²) in [4.78, 5) is 3.79. The number of aromatic hydroxyl groups is 1. The molecule has 1 rings (SSSR count). The molecule has 1 heterocycles. The summed E-state index contributed by atoms with van der Waals surface area (Å²) < 4.78 is 5.46. The molecule has 3 heteroatoms. The molecule has 0 spiro atoms. The molecule has 0 aliphatic heterocycles. The minimum atomic E-state index is -0.254. The van der Waals surface area contributed by atoms with Gasteiger partial charge in [0.25, 0.3) is 0 Å². The maximum absolute atomic E-state index is 9.07. The van der Waals surface area contributed by atoms with Crippen molar-refractivity contribution in [3.8, 4) is 11.5 Å². The van der Waals surface area contributed by atoms with Crippen LogP contribution in [0, 0.1) is 0 Å². The van der Waals surface area contributed by atoms with Gasteiger partial charge in [0, 0.05) is 6.07 Å². The normalized spacial score (nSPS) is 11.2. The van der Waals surface area contributed by atoms with Crippen molar-refractivity contribution in [2.45, 2.75) is 26.4 Å². The fraction of sp³-hybridized carbons (Fsp3) is 0.444. The highest BCUT2D eigenvalue weighted by Gasteiger charge is 2.11. The van der Waals surface area contributed by atoms with E-state index >= 15 is 0 Å². The standard InChI is InChI=1S/C9H13NO2/c1-9(2,3)12-8-4-7(11)5-10-6-8/h4-6,11H,1-3H3. The van der Waals surface area contributed by atoms with Crippen molar-refractivity contribution in [2.24, 2.45) is 0 Å². The van der Waals surface area contributed by atoms with Gasteiger partial charge in [0.1, 0.15) is 17.1 Å². The third kappa shape index (κ3) is 2.78. The van der Waals surface area contributed by atoms with E-state index in [2.05, 4.69) is 4.98 Å². The minimum absolute atomic E-state index is 0.122. The predicted octanol–water partition coefficient (Wildman–Crippen LogP) is 1.96. The number of nitrogens with zero attached hydrogens (tertiary/aromatic N) is 1. The fourth-order valence-electron chi connectivity index (χ4n) is 0.817. The molecule has 0 saturated heterocycles. The Morgan fingerprint density at radius 1 is 1.33 bits per heavy atom. The van der Waals surface area contributed by atoms with E-state index in [0.717, 1.165) is 0 Å². The van der Waals surface area contributed by atoms with Crippen molar-refractivity contribution in [2.75, 3.05) is 0 Å². The maximum atomic E-state index is 9.07. The predicted molar refractivity (Wildman–Crippen MR) is 46.3 cm³/mol. The number of rotatable bonds is 1. The van der Waals surface area contributed by atoms with Crippen molar-refractivity contribution in [1.82, 2.24) is 4.98 Å². The van der Waals surface area contributed by atoms with E-state index in [1.165, 1.54) is 12.3 Å². The molecule has 0 fully saturated rings. The van der Waals surface area contributed by atoms with E-state index in [9.17, 15) is 0 Å². The van der Waals surface area contributed by atoms with Gasteiger partial charge in [0.2, 0.25) is 0 Å². The zero-order chi connectivity index (χ0) is 9.19. The number of pyridine rings is 1. The molecule has 0 atom stereocenters. The average Bonchev–Trinajstić information content (AvgIpc) is 1.82. The van der Waals surface area contributed by atoms with Crippen LogP contribution < -0.4 is 4.74 Å². The van der Waals surface area contributed by atoms with Gasteiger partial charge in [0.15, 0.2) is 0 Å². The fourth-order valence-corrected chi connectivity index (χ4v) is 0.817. The molecule has 0 amide bonds. The first-order chi connectivity index (χ1) is 5.47. The summed E-state index contributed by atoms with van der Waals surface area (Å²) in [5.41, 5.74) is -0.254. The summed E-state index contributed by atoms with van der Waals surface area (Å²) in [7, 11) is 0. The highest BCUT2D eigenvalue weighted by molar-refractivity contribution is 5.27. The first kappa shape index (κ1) is 8.84. The Morgan fingerprint density at radius 2 is 2.00 bits per heavy atom. The smallest absolute Gasteiger partial charge is 0.142 e. The first-order valence-corrected chi connectivity index (χ1v) is 3.80. The molecule has 1 N–H and O–H groups in total. The summed E-state index contributed by atoms with van der Waals surface area (Å²) in [6.45, 7) is 5.82. The van der Waals surface area contributed by atoms with E-state index in [-0.39, 0.29) is 11.4 Å². The lowest BCUT2D eigenvalue weighted by atomic mass is 10.2. The highest BCUT2D eigenvalue weighted by atomic mass is 16.5. The number of hydrogen-bond acceptors (Lipinski definition) is 3. The molecule has 0 saturated carbocycles. The molecule has 0 aromatic carbocycles. The van der Waals surface area contributed by atoms with Crippen LogP contribution in [0.1, 0.15) is 20.8 Å². The Balaban J connectivity index is 2.77. The van der Waals surface area contributed by atoms with Crippen LogP contribution in [0.5, 0.6) is 11.5 Å². The molecule has 1 aromatic heterocycles. The Hall–Kier alpha value is -1.25. The summed E-state index contributed by atoms with van der Waals surface area (Å²) in [6, 6.07) is 1.54. The van der Waals surface area contributed by atoms with Gasteiger partial charge in [-0.1, -0.05) is 0 Å². The van der Waals surface area contributed by atoms with Gasteiger partial charge in [0.05, 0.1) is 12.4 Å². The van der Waals surface area contributed by atoms with Gasteiger partial charge in [-0.2, -0.15) is 0 Å². The zero-order valence-electron chi connectivity index (χ0n) is 7.53. The first-order valence-electron chi connectivity index (χ1n) is 3.80. The van der Waals surface area contributed by atoms with E-state index in [4.69, 9.17) is 9.84 Å². The van der Waals surface area contributed by atoms with E-state index in [1.807, 2.05) is 20.8 Å². The van der Waals surface area contributed by atoms with Crippen LogP contribution in [0.25, 0.3) is 0 Å². The molecule has 3 nitrogen and oxygen atoms in total. The monoisotopic (exact) mass is 167 g/mol. The van der Waals surface area contributed by atoms with Crippen LogP contribution in [0.3, 0.4) is 0 Å². The van der Waals surface area contributed by atoms with Crippen LogP contribution in [0.4, 0.5) is 0 Å². The van der Waals surface area contributed by atoms with Gasteiger partial charge in [-0.05, 0) is 20.8 Å². The van der Waals surface area contributed by atoms with E-state index in [0.29, 0.717) is 5.75 Å². The summed E-state index contributed by atoms with van der Waals surface area (Å²) in [5.74, 6) is 0.708. The molecular formula is C9H13NO2. The van der Waals surface area contributed by atoms with Gasteiger partial charge in [-0.3, -0.25) is 4.98 Å². The minimum Gasteiger partial charge on any atom is -0.506 e. The second-order valence-corrected chi connectivity index (χ2v) is 3.59. The van der Waals surface area contributed by atoms with Crippen LogP contribution in [0.15, 0.2) is 18.5 Å². The molecule has 12 heavy (non-hydrogen) atoms. The molecule has 1 aromatic rings. The van der Waals surface area contributed by atoms with Gasteiger partial charge < -0.3 is 9.84 Å². The average molecular weight is 167 g/mol. The zero-order valence-corrected chi connectivity index (χ0v) is 7.53. The second-order valence-electron chi connectivity index (χ2n) is 3.59. The van der Waals surface area contributed by atoms with Gasteiger partial charge >= 0.3 is 0 Å². The molecule has 0 aliphatic rings.